The first-order valence-electron chi connectivity index (χ1n) is 5.22. The van der Waals surface area contributed by atoms with Gasteiger partial charge in [0.25, 0.3) is 5.56 Å². The number of thiazole rings is 1. The van der Waals surface area contributed by atoms with Crippen molar-refractivity contribution in [3.05, 3.63) is 42.6 Å². The second-order valence-electron chi connectivity index (χ2n) is 4.06. The first-order chi connectivity index (χ1) is 8.50. The van der Waals surface area contributed by atoms with E-state index in [1.54, 1.807) is 19.2 Å². The van der Waals surface area contributed by atoms with Crippen molar-refractivity contribution in [2.24, 2.45) is 14.1 Å². The van der Waals surface area contributed by atoms with Crippen molar-refractivity contribution in [2.75, 3.05) is 0 Å². The lowest BCUT2D eigenvalue weighted by atomic mass is 10.2. The Labute approximate surface area is 104 Å². The number of fused-ring (bicyclic) bond motifs is 3. The number of hydrogen-bond acceptors (Lipinski definition) is 4. The van der Waals surface area contributed by atoms with Crippen LogP contribution in [-0.2, 0) is 14.1 Å². The molecule has 92 valence electrons. The van der Waals surface area contributed by atoms with Crippen LogP contribution in [0, 0.1) is 0 Å². The van der Waals surface area contributed by atoms with E-state index in [2.05, 4.69) is 4.98 Å². The molecule has 7 heteroatoms. The van der Waals surface area contributed by atoms with Crippen molar-refractivity contribution in [3.8, 4) is 0 Å². The third-order valence-electron chi connectivity index (χ3n) is 3.02. The SMILES string of the molecule is Cn1c(=O)c2c3sc(=O)[nH]c3ccc2n(C)c1=O. The van der Waals surface area contributed by atoms with E-state index < -0.39 is 0 Å². The summed E-state index contributed by atoms with van der Waals surface area (Å²) in [6.45, 7) is 0. The highest BCUT2D eigenvalue weighted by Gasteiger charge is 2.13. The van der Waals surface area contributed by atoms with Crippen LogP contribution in [0.1, 0.15) is 0 Å². The molecule has 3 rings (SSSR count). The molecule has 0 aliphatic heterocycles. The van der Waals surface area contributed by atoms with Crippen LogP contribution in [0.5, 0.6) is 0 Å². The van der Waals surface area contributed by atoms with Gasteiger partial charge in [0.05, 0.1) is 21.1 Å². The molecule has 0 spiro atoms. The van der Waals surface area contributed by atoms with Gasteiger partial charge in [-0.1, -0.05) is 11.3 Å². The summed E-state index contributed by atoms with van der Waals surface area (Å²) in [6, 6.07) is 3.37. The predicted molar refractivity (Wildman–Crippen MR) is 70.4 cm³/mol. The van der Waals surface area contributed by atoms with E-state index >= 15 is 0 Å². The number of aryl methyl sites for hydroxylation is 1. The number of H-pyrrole nitrogens is 1. The summed E-state index contributed by atoms with van der Waals surface area (Å²) in [4.78, 5) is 37.8. The van der Waals surface area contributed by atoms with Crippen LogP contribution in [-0.4, -0.2) is 14.1 Å². The number of aromatic amines is 1. The summed E-state index contributed by atoms with van der Waals surface area (Å²) in [5.41, 5.74) is 0.391. The van der Waals surface area contributed by atoms with E-state index in [1.807, 2.05) is 0 Å². The monoisotopic (exact) mass is 263 g/mol. The van der Waals surface area contributed by atoms with Crippen LogP contribution < -0.4 is 16.1 Å². The number of hydrogen-bond donors (Lipinski definition) is 1. The fraction of sp³-hybridized carbons (Fsp3) is 0.182. The molecule has 0 radical (unpaired) electrons. The van der Waals surface area contributed by atoms with Crippen molar-refractivity contribution >= 4 is 32.5 Å². The van der Waals surface area contributed by atoms with Crippen molar-refractivity contribution in [1.29, 1.82) is 0 Å². The molecule has 0 fully saturated rings. The largest absolute Gasteiger partial charge is 0.330 e. The highest BCUT2D eigenvalue weighted by Crippen LogP contribution is 2.22. The third kappa shape index (κ3) is 1.25. The van der Waals surface area contributed by atoms with E-state index in [4.69, 9.17) is 0 Å². The third-order valence-corrected chi connectivity index (χ3v) is 3.94. The number of nitrogens with zero attached hydrogens (tertiary/aromatic N) is 2. The smallest absolute Gasteiger partial charge is 0.312 e. The molecule has 2 heterocycles. The zero-order chi connectivity index (χ0) is 13.0. The fourth-order valence-corrected chi connectivity index (χ4v) is 2.94. The Balaban J connectivity index is 2.79. The van der Waals surface area contributed by atoms with Crippen molar-refractivity contribution < 1.29 is 0 Å². The number of aromatic nitrogens is 3. The molecule has 0 amide bonds. The van der Waals surface area contributed by atoms with Gasteiger partial charge in [-0.05, 0) is 12.1 Å². The van der Waals surface area contributed by atoms with Gasteiger partial charge in [0.1, 0.15) is 0 Å². The van der Waals surface area contributed by atoms with Crippen LogP contribution in [0.3, 0.4) is 0 Å². The molecule has 0 aliphatic carbocycles. The highest BCUT2D eigenvalue weighted by atomic mass is 32.1. The van der Waals surface area contributed by atoms with Crippen LogP contribution in [0.25, 0.3) is 21.1 Å². The molecule has 1 N–H and O–H groups in total. The van der Waals surface area contributed by atoms with E-state index in [9.17, 15) is 14.4 Å². The normalized spacial score (nSPS) is 11.4. The molecular weight excluding hydrogens is 254 g/mol. The Morgan fingerprint density at radius 3 is 2.56 bits per heavy atom. The lowest BCUT2D eigenvalue weighted by molar-refractivity contribution is 0.714. The summed E-state index contributed by atoms with van der Waals surface area (Å²) >= 11 is 0.979. The summed E-state index contributed by atoms with van der Waals surface area (Å²) in [6.07, 6.45) is 0. The second kappa shape index (κ2) is 3.42. The lowest BCUT2D eigenvalue weighted by Gasteiger charge is -2.07. The van der Waals surface area contributed by atoms with Crippen molar-refractivity contribution in [2.45, 2.75) is 0 Å². The van der Waals surface area contributed by atoms with Gasteiger partial charge in [-0.2, -0.15) is 0 Å². The average Bonchev–Trinajstić information content (AvgIpc) is 2.72. The minimum atomic E-state index is -0.381. The van der Waals surface area contributed by atoms with Crippen LogP contribution in [0.15, 0.2) is 26.5 Å². The molecule has 0 unspecified atom stereocenters. The van der Waals surface area contributed by atoms with E-state index in [0.717, 1.165) is 15.9 Å². The summed E-state index contributed by atoms with van der Waals surface area (Å²) in [7, 11) is 3.03. The number of rotatable bonds is 0. The van der Waals surface area contributed by atoms with Gasteiger partial charge in [0.15, 0.2) is 0 Å². The van der Waals surface area contributed by atoms with Gasteiger partial charge in [-0.15, -0.1) is 0 Å². The molecule has 0 atom stereocenters. The molecule has 3 aromatic rings. The van der Waals surface area contributed by atoms with Crippen molar-refractivity contribution in [3.63, 3.8) is 0 Å². The van der Waals surface area contributed by atoms with Gasteiger partial charge >= 0.3 is 10.6 Å². The first-order valence-corrected chi connectivity index (χ1v) is 6.04. The van der Waals surface area contributed by atoms with Gasteiger partial charge in [-0.3, -0.25) is 18.7 Å². The minimum Gasteiger partial charge on any atom is -0.312 e. The lowest BCUT2D eigenvalue weighted by Crippen LogP contribution is -2.36. The quantitative estimate of drug-likeness (QED) is 0.626. The standard InChI is InChI=1S/C11H9N3O3S/c1-13-6-4-3-5-8(18-10(16)12-5)7(6)9(15)14(2)11(13)17/h3-4H,1-2H3,(H,12,16). The minimum absolute atomic E-state index is 0.214. The zero-order valence-electron chi connectivity index (χ0n) is 9.68. The van der Waals surface area contributed by atoms with Gasteiger partial charge in [0, 0.05) is 14.1 Å². The van der Waals surface area contributed by atoms with Gasteiger partial charge < -0.3 is 4.98 Å². The molecule has 2 aromatic heterocycles. The van der Waals surface area contributed by atoms with E-state index in [-0.39, 0.29) is 16.1 Å². The Kier molecular flexibility index (Phi) is 2.09. The number of benzene rings is 1. The Morgan fingerprint density at radius 1 is 1.11 bits per heavy atom. The average molecular weight is 263 g/mol. The zero-order valence-corrected chi connectivity index (χ0v) is 10.5. The molecular formula is C11H9N3O3S. The maximum atomic E-state index is 12.2. The summed E-state index contributed by atoms with van der Waals surface area (Å²) in [5.74, 6) is 0. The van der Waals surface area contributed by atoms with Crippen LogP contribution in [0.2, 0.25) is 0 Å². The first kappa shape index (κ1) is 11.0. The maximum Gasteiger partial charge on any atom is 0.330 e. The molecule has 0 aliphatic rings. The molecule has 18 heavy (non-hydrogen) atoms. The van der Waals surface area contributed by atoms with Crippen LogP contribution in [0.4, 0.5) is 0 Å². The highest BCUT2D eigenvalue weighted by molar-refractivity contribution is 7.17. The molecule has 0 saturated carbocycles. The predicted octanol–water partition coefficient (Wildman–Crippen LogP) is 0.140. The molecule has 1 aromatic carbocycles. The Bertz CT molecular complexity index is 958. The Hall–Kier alpha value is -2.15. The number of nitrogens with one attached hydrogen (secondary N) is 1. The van der Waals surface area contributed by atoms with Crippen LogP contribution >= 0.6 is 11.3 Å². The maximum absolute atomic E-state index is 12.2. The molecule has 0 bridgehead atoms. The Morgan fingerprint density at radius 2 is 1.83 bits per heavy atom. The van der Waals surface area contributed by atoms with E-state index in [0.29, 0.717) is 21.1 Å². The second-order valence-corrected chi connectivity index (χ2v) is 5.04. The molecule has 6 nitrogen and oxygen atoms in total. The fourth-order valence-electron chi connectivity index (χ4n) is 2.07. The van der Waals surface area contributed by atoms with Crippen molar-refractivity contribution in [1.82, 2.24) is 14.1 Å². The summed E-state index contributed by atoms with van der Waals surface area (Å²) in [5, 5.41) is 0.403. The summed E-state index contributed by atoms with van der Waals surface area (Å²) < 4.78 is 3.04. The topological polar surface area (TPSA) is 76.9 Å². The van der Waals surface area contributed by atoms with E-state index in [1.165, 1.54) is 11.6 Å². The molecule has 0 saturated heterocycles. The van der Waals surface area contributed by atoms with Gasteiger partial charge in [0.2, 0.25) is 0 Å². The van der Waals surface area contributed by atoms with Gasteiger partial charge in [-0.25, -0.2) is 4.79 Å².